The molecular weight excluding hydrogens is 451 g/mol. The highest BCUT2D eigenvalue weighted by Crippen LogP contribution is 2.22. The molecule has 8 nitrogen and oxygen atoms in total. The van der Waals surface area contributed by atoms with E-state index in [2.05, 4.69) is 0 Å². The van der Waals surface area contributed by atoms with E-state index in [1.165, 1.54) is 40.7 Å². The van der Waals surface area contributed by atoms with Gasteiger partial charge in [-0.25, -0.2) is 22.4 Å². The SMILES string of the molecule is CC(C)(C)OC(=O)COC(=O)c1cccc(S(=O)(=O)N2CCN(c3ccc(F)cc3)CC2)c1. The third kappa shape index (κ3) is 6.52. The van der Waals surface area contributed by atoms with Crippen LogP contribution < -0.4 is 4.90 Å². The first kappa shape index (κ1) is 24.7. The molecule has 3 rings (SSSR count). The van der Waals surface area contributed by atoms with Gasteiger partial charge in [0.25, 0.3) is 0 Å². The van der Waals surface area contributed by atoms with Gasteiger partial charge in [-0.3, -0.25) is 0 Å². The second kappa shape index (κ2) is 9.88. The number of anilines is 1. The number of carbonyl (C=O) groups excluding carboxylic acids is 2. The molecule has 0 aromatic heterocycles. The van der Waals surface area contributed by atoms with E-state index in [9.17, 15) is 22.4 Å². The summed E-state index contributed by atoms with van der Waals surface area (Å²) in [4.78, 5) is 26.0. The van der Waals surface area contributed by atoms with E-state index in [1.807, 2.05) is 4.90 Å². The molecule has 178 valence electrons. The Kier molecular flexibility index (Phi) is 7.38. The summed E-state index contributed by atoms with van der Waals surface area (Å²) in [6.45, 7) is 5.89. The van der Waals surface area contributed by atoms with E-state index in [-0.39, 0.29) is 29.4 Å². The lowest BCUT2D eigenvalue weighted by molar-refractivity contribution is -0.158. The van der Waals surface area contributed by atoms with Crippen LogP contribution in [0.5, 0.6) is 0 Å². The van der Waals surface area contributed by atoms with Crippen molar-refractivity contribution < 1.29 is 31.9 Å². The molecule has 0 atom stereocenters. The van der Waals surface area contributed by atoms with Gasteiger partial charge in [-0.2, -0.15) is 4.31 Å². The van der Waals surface area contributed by atoms with Crippen LogP contribution in [0.2, 0.25) is 0 Å². The maximum Gasteiger partial charge on any atom is 0.344 e. The molecule has 0 saturated carbocycles. The fourth-order valence-corrected chi connectivity index (χ4v) is 4.82. The van der Waals surface area contributed by atoms with Gasteiger partial charge in [0.1, 0.15) is 11.4 Å². The molecular formula is C23H27FN2O6S. The Morgan fingerprint density at radius 1 is 1.00 bits per heavy atom. The molecule has 0 aliphatic carbocycles. The largest absolute Gasteiger partial charge is 0.457 e. The van der Waals surface area contributed by atoms with Crippen LogP contribution in [-0.2, 0) is 24.3 Å². The van der Waals surface area contributed by atoms with Gasteiger partial charge in [0.2, 0.25) is 10.0 Å². The van der Waals surface area contributed by atoms with E-state index in [0.717, 1.165) is 5.69 Å². The van der Waals surface area contributed by atoms with Gasteiger partial charge >= 0.3 is 11.9 Å². The second-order valence-corrected chi connectivity index (χ2v) is 10.5. The summed E-state index contributed by atoms with van der Waals surface area (Å²) in [5, 5.41) is 0. The van der Waals surface area contributed by atoms with Gasteiger partial charge in [0.15, 0.2) is 6.61 Å². The summed E-state index contributed by atoms with van der Waals surface area (Å²) in [7, 11) is -3.84. The maximum absolute atomic E-state index is 13.1. The standard InChI is InChI=1S/C23H27FN2O6S/c1-23(2,3)32-21(27)16-31-22(28)17-5-4-6-20(15-17)33(29,30)26-13-11-25(12-14-26)19-9-7-18(24)8-10-19/h4-10,15H,11-14,16H2,1-3H3. The second-order valence-electron chi connectivity index (χ2n) is 8.56. The highest BCUT2D eigenvalue weighted by molar-refractivity contribution is 7.89. The van der Waals surface area contributed by atoms with E-state index in [1.54, 1.807) is 32.9 Å². The normalized spacial score (nSPS) is 15.2. The predicted molar refractivity (Wildman–Crippen MR) is 120 cm³/mol. The molecule has 0 unspecified atom stereocenters. The number of hydrogen-bond acceptors (Lipinski definition) is 7. The van der Waals surface area contributed by atoms with Crippen molar-refractivity contribution in [3.8, 4) is 0 Å². The number of ether oxygens (including phenoxy) is 2. The Bertz CT molecular complexity index is 1100. The first-order valence-corrected chi connectivity index (χ1v) is 11.9. The van der Waals surface area contributed by atoms with Gasteiger partial charge in [0.05, 0.1) is 10.5 Å². The van der Waals surface area contributed by atoms with Crippen molar-refractivity contribution in [3.63, 3.8) is 0 Å². The summed E-state index contributed by atoms with van der Waals surface area (Å²) in [6.07, 6.45) is 0. The van der Waals surface area contributed by atoms with Crippen molar-refractivity contribution in [1.29, 1.82) is 0 Å². The average molecular weight is 479 g/mol. The molecule has 1 aliphatic heterocycles. The third-order valence-corrected chi connectivity index (χ3v) is 6.77. The Morgan fingerprint density at radius 2 is 1.64 bits per heavy atom. The molecule has 0 spiro atoms. The number of carbonyl (C=O) groups is 2. The zero-order valence-corrected chi connectivity index (χ0v) is 19.6. The molecule has 1 aliphatic rings. The minimum absolute atomic E-state index is 0.0181. The van der Waals surface area contributed by atoms with Crippen LogP contribution in [-0.4, -0.2) is 63.0 Å². The summed E-state index contributed by atoms with van der Waals surface area (Å²) < 4.78 is 50.7. The molecule has 33 heavy (non-hydrogen) atoms. The Balaban J connectivity index is 1.63. The molecule has 10 heteroatoms. The summed E-state index contributed by atoms with van der Waals surface area (Å²) in [5.41, 5.74) is 0.130. The lowest BCUT2D eigenvalue weighted by Crippen LogP contribution is -2.48. The van der Waals surface area contributed by atoms with Crippen LogP contribution in [0.1, 0.15) is 31.1 Å². The van der Waals surface area contributed by atoms with Crippen LogP contribution in [0.3, 0.4) is 0 Å². The maximum atomic E-state index is 13.1. The van der Waals surface area contributed by atoms with Gasteiger partial charge < -0.3 is 14.4 Å². The number of rotatable bonds is 6. The molecule has 2 aromatic carbocycles. The van der Waals surface area contributed by atoms with E-state index >= 15 is 0 Å². The summed E-state index contributed by atoms with van der Waals surface area (Å²) >= 11 is 0. The lowest BCUT2D eigenvalue weighted by atomic mass is 10.2. The highest BCUT2D eigenvalue weighted by Gasteiger charge is 2.29. The number of nitrogens with zero attached hydrogens (tertiary/aromatic N) is 2. The fraction of sp³-hybridized carbons (Fsp3) is 0.391. The highest BCUT2D eigenvalue weighted by atomic mass is 32.2. The van der Waals surface area contributed by atoms with Crippen molar-refractivity contribution in [2.75, 3.05) is 37.7 Å². The molecule has 1 fully saturated rings. The molecule has 0 N–H and O–H groups in total. The first-order chi connectivity index (χ1) is 15.5. The number of esters is 2. The zero-order valence-electron chi connectivity index (χ0n) is 18.8. The van der Waals surface area contributed by atoms with Crippen LogP contribution >= 0.6 is 0 Å². The zero-order chi connectivity index (χ0) is 24.2. The fourth-order valence-electron chi connectivity index (χ4n) is 3.35. The first-order valence-electron chi connectivity index (χ1n) is 10.5. The number of benzene rings is 2. The number of halogens is 1. The van der Waals surface area contributed by atoms with Crippen LogP contribution in [0.4, 0.5) is 10.1 Å². The van der Waals surface area contributed by atoms with Gasteiger partial charge in [-0.05, 0) is 63.2 Å². The lowest BCUT2D eigenvalue weighted by Gasteiger charge is -2.35. The Labute approximate surface area is 192 Å². The number of hydrogen-bond donors (Lipinski definition) is 0. The van der Waals surface area contributed by atoms with Crippen LogP contribution in [0.25, 0.3) is 0 Å². The molecule has 0 radical (unpaired) electrons. The molecule has 0 amide bonds. The minimum atomic E-state index is -3.84. The topological polar surface area (TPSA) is 93.2 Å². The third-order valence-electron chi connectivity index (χ3n) is 4.88. The number of sulfonamides is 1. The molecule has 2 aromatic rings. The van der Waals surface area contributed by atoms with Crippen LogP contribution in [0, 0.1) is 5.82 Å². The van der Waals surface area contributed by atoms with Crippen molar-refractivity contribution in [2.45, 2.75) is 31.3 Å². The van der Waals surface area contributed by atoms with Gasteiger partial charge in [-0.15, -0.1) is 0 Å². The van der Waals surface area contributed by atoms with Crippen molar-refractivity contribution in [1.82, 2.24) is 4.31 Å². The summed E-state index contributed by atoms with van der Waals surface area (Å²) in [6, 6.07) is 11.6. The average Bonchev–Trinajstić information content (AvgIpc) is 2.77. The number of piperazine rings is 1. The van der Waals surface area contributed by atoms with Crippen molar-refractivity contribution >= 4 is 27.6 Å². The van der Waals surface area contributed by atoms with E-state index < -0.39 is 34.2 Å². The van der Waals surface area contributed by atoms with E-state index in [4.69, 9.17) is 9.47 Å². The smallest absolute Gasteiger partial charge is 0.344 e. The van der Waals surface area contributed by atoms with Crippen molar-refractivity contribution in [3.05, 3.63) is 59.9 Å². The quantitative estimate of drug-likeness (QED) is 0.590. The van der Waals surface area contributed by atoms with E-state index in [0.29, 0.717) is 13.1 Å². The monoisotopic (exact) mass is 478 g/mol. The van der Waals surface area contributed by atoms with Crippen molar-refractivity contribution in [2.24, 2.45) is 0 Å². The van der Waals surface area contributed by atoms with Gasteiger partial charge in [0, 0.05) is 31.9 Å². The Morgan fingerprint density at radius 3 is 2.24 bits per heavy atom. The molecule has 0 bridgehead atoms. The predicted octanol–water partition coefficient (Wildman–Crippen LogP) is 2.84. The summed E-state index contributed by atoms with van der Waals surface area (Å²) in [5.74, 6) is -1.85. The van der Waals surface area contributed by atoms with Gasteiger partial charge in [-0.1, -0.05) is 6.07 Å². The molecule has 1 saturated heterocycles. The molecule has 1 heterocycles. The van der Waals surface area contributed by atoms with Crippen LogP contribution in [0.15, 0.2) is 53.4 Å². The minimum Gasteiger partial charge on any atom is -0.457 e. The Hall–Kier alpha value is -2.98.